The van der Waals surface area contributed by atoms with Crippen LogP contribution in [0, 0.1) is 0 Å². The fourth-order valence-electron chi connectivity index (χ4n) is 2.39. The van der Waals surface area contributed by atoms with Gasteiger partial charge in [-0.15, -0.1) is 0 Å². The molecule has 1 N–H and O–H groups in total. The molecule has 0 atom stereocenters. The Morgan fingerprint density at radius 1 is 1.38 bits per heavy atom. The van der Waals surface area contributed by atoms with Crippen molar-refractivity contribution in [1.82, 2.24) is 19.4 Å². The van der Waals surface area contributed by atoms with E-state index in [-0.39, 0.29) is 6.04 Å². The lowest BCUT2D eigenvalue weighted by Crippen LogP contribution is -2.32. The zero-order valence-corrected chi connectivity index (χ0v) is 13.8. The number of nitrogens with zero attached hydrogens (tertiary/aromatic N) is 3. The molecule has 1 aromatic rings. The van der Waals surface area contributed by atoms with Gasteiger partial charge in [-0.1, -0.05) is 13.8 Å². The highest BCUT2D eigenvalue weighted by Crippen LogP contribution is 2.31. The number of sulfonamides is 1. The van der Waals surface area contributed by atoms with E-state index in [1.807, 2.05) is 6.92 Å². The highest BCUT2D eigenvalue weighted by Gasteiger charge is 2.37. The van der Waals surface area contributed by atoms with Gasteiger partial charge in [-0.3, -0.25) is 4.68 Å². The largest absolute Gasteiger partial charge is 0.317 e. The SMILES string of the molecule is CCCNCCCn1cc(S(=O)(=O)N(CC)C2CC2)cn1. The van der Waals surface area contributed by atoms with Gasteiger partial charge in [0.15, 0.2) is 0 Å². The maximum atomic E-state index is 12.5. The van der Waals surface area contributed by atoms with E-state index in [9.17, 15) is 8.42 Å². The monoisotopic (exact) mass is 314 g/mol. The second-order valence-electron chi connectivity index (χ2n) is 5.48. The van der Waals surface area contributed by atoms with Gasteiger partial charge < -0.3 is 5.32 Å². The van der Waals surface area contributed by atoms with Crippen molar-refractivity contribution >= 4 is 10.0 Å². The number of aryl methyl sites for hydroxylation is 1. The van der Waals surface area contributed by atoms with Crippen molar-refractivity contribution < 1.29 is 8.42 Å². The minimum atomic E-state index is -3.37. The highest BCUT2D eigenvalue weighted by molar-refractivity contribution is 7.89. The van der Waals surface area contributed by atoms with Crippen molar-refractivity contribution in [2.75, 3.05) is 19.6 Å². The van der Waals surface area contributed by atoms with Gasteiger partial charge in [-0.25, -0.2) is 8.42 Å². The van der Waals surface area contributed by atoms with Gasteiger partial charge in [0.2, 0.25) is 10.0 Å². The summed E-state index contributed by atoms with van der Waals surface area (Å²) in [6, 6.07) is 0.196. The summed E-state index contributed by atoms with van der Waals surface area (Å²) in [4.78, 5) is 0.317. The lowest BCUT2D eigenvalue weighted by molar-refractivity contribution is 0.421. The van der Waals surface area contributed by atoms with Gasteiger partial charge >= 0.3 is 0 Å². The van der Waals surface area contributed by atoms with E-state index in [0.717, 1.165) is 45.3 Å². The topological polar surface area (TPSA) is 67.2 Å². The van der Waals surface area contributed by atoms with Crippen LogP contribution in [-0.2, 0) is 16.6 Å². The molecule has 2 rings (SSSR count). The first kappa shape index (κ1) is 16.5. The maximum Gasteiger partial charge on any atom is 0.246 e. The van der Waals surface area contributed by atoms with Crippen molar-refractivity contribution in [3.8, 4) is 0 Å². The van der Waals surface area contributed by atoms with Gasteiger partial charge in [0.05, 0.1) is 6.20 Å². The van der Waals surface area contributed by atoms with Crippen LogP contribution < -0.4 is 5.32 Å². The summed E-state index contributed by atoms with van der Waals surface area (Å²) in [5.74, 6) is 0. The second-order valence-corrected chi connectivity index (χ2v) is 7.37. The predicted molar refractivity (Wildman–Crippen MR) is 82.6 cm³/mol. The van der Waals surface area contributed by atoms with Gasteiger partial charge in [0.1, 0.15) is 4.90 Å². The zero-order chi connectivity index (χ0) is 15.3. The van der Waals surface area contributed by atoms with Crippen molar-refractivity contribution in [3.05, 3.63) is 12.4 Å². The summed E-state index contributed by atoms with van der Waals surface area (Å²) in [5, 5.41) is 7.51. The third-order valence-electron chi connectivity index (χ3n) is 3.65. The molecule has 0 bridgehead atoms. The van der Waals surface area contributed by atoms with Crippen LogP contribution >= 0.6 is 0 Å². The zero-order valence-electron chi connectivity index (χ0n) is 13.0. The molecule has 1 aliphatic rings. The fourth-order valence-corrected chi connectivity index (χ4v) is 4.04. The van der Waals surface area contributed by atoms with Crippen LogP contribution in [0.15, 0.2) is 17.3 Å². The fraction of sp³-hybridized carbons (Fsp3) is 0.786. The Morgan fingerprint density at radius 3 is 2.76 bits per heavy atom. The lowest BCUT2D eigenvalue weighted by atomic mass is 10.4. The molecule has 21 heavy (non-hydrogen) atoms. The van der Waals surface area contributed by atoms with Crippen LogP contribution in [0.1, 0.15) is 39.5 Å². The molecule has 1 fully saturated rings. The van der Waals surface area contributed by atoms with Crippen molar-refractivity contribution in [3.63, 3.8) is 0 Å². The lowest BCUT2D eigenvalue weighted by Gasteiger charge is -2.18. The molecule has 1 heterocycles. The van der Waals surface area contributed by atoms with E-state index in [1.54, 1.807) is 15.2 Å². The molecule has 120 valence electrons. The average Bonchev–Trinajstić information content (AvgIpc) is 3.16. The Labute approximate surface area is 127 Å². The Bertz CT molecular complexity index is 537. The Morgan fingerprint density at radius 2 is 2.14 bits per heavy atom. The maximum absolute atomic E-state index is 12.5. The third kappa shape index (κ3) is 4.28. The van der Waals surface area contributed by atoms with Crippen LogP contribution in [0.25, 0.3) is 0 Å². The molecule has 0 spiro atoms. The van der Waals surface area contributed by atoms with Crippen molar-refractivity contribution in [2.24, 2.45) is 0 Å². The number of hydrogen-bond donors (Lipinski definition) is 1. The number of hydrogen-bond acceptors (Lipinski definition) is 4. The van der Waals surface area contributed by atoms with E-state index in [1.165, 1.54) is 6.20 Å². The Kier molecular flexibility index (Phi) is 5.78. The first-order chi connectivity index (χ1) is 10.1. The first-order valence-corrected chi connectivity index (χ1v) is 9.28. The first-order valence-electron chi connectivity index (χ1n) is 7.84. The van der Waals surface area contributed by atoms with Crippen molar-refractivity contribution in [2.45, 2.75) is 57.0 Å². The minimum Gasteiger partial charge on any atom is -0.317 e. The van der Waals surface area contributed by atoms with Crippen LogP contribution in [0.3, 0.4) is 0 Å². The number of aromatic nitrogens is 2. The van der Waals surface area contributed by atoms with Gasteiger partial charge in [-0.05, 0) is 38.8 Å². The molecular formula is C14H26N4O2S. The number of nitrogens with one attached hydrogen (secondary N) is 1. The van der Waals surface area contributed by atoms with Gasteiger partial charge in [0, 0.05) is 25.3 Å². The smallest absolute Gasteiger partial charge is 0.246 e. The molecule has 0 aromatic carbocycles. The molecule has 0 saturated heterocycles. The van der Waals surface area contributed by atoms with Crippen LogP contribution in [0.4, 0.5) is 0 Å². The molecule has 0 amide bonds. The summed E-state index contributed by atoms with van der Waals surface area (Å²) in [6.45, 7) is 7.24. The number of rotatable bonds is 10. The molecular weight excluding hydrogens is 288 g/mol. The summed E-state index contributed by atoms with van der Waals surface area (Å²) >= 11 is 0. The molecule has 6 nitrogen and oxygen atoms in total. The van der Waals surface area contributed by atoms with Crippen LogP contribution in [0.2, 0.25) is 0 Å². The molecule has 1 aromatic heterocycles. The summed E-state index contributed by atoms with van der Waals surface area (Å²) in [5.41, 5.74) is 0. The normalized spacial score (nSPS) is 15.8. The molecule has 1 saturated carbocycles. The van der Waals surface area contributed by atoms with E-state index < -0.39 is 10.0 Å². The van der Waals surface area contributed by atoms with Crippen LogP contribution in [0.5, 0.6) is 0 Å². The minimum absolute atomic E-state index is 0.196. The quantitative estimate of drug-likeness (QED) is 0.664. The summed E-state index contributed by atoms with van der Waals surface area (Å²) in [6.07, 6.45) is 7.15. The van der Waals surface area contributed by atoms with Crippen molar-refractivity contribution in [1.29, 1.82) is 0 Å². The highest BCUT2D eigenvalue weighted by atomic mass is 32.2. The standard InChI is InChI=1S/C14H26N4O2S/c1-3-8-15-9-5-10-17-12-14(11-16-17)21(19,20)18(4-2)13-6-7-13/h11-13,15H,3-10H2,1-2H3. The molecule has 1 aliphatic carbocycles. The summed E-state index contributed by atoms with van der Waals surface area (Å²) in [7, 11) is -3.37. The van der Waals surface area contributed by atoms with E-state index >= 15 is 0 Å². The van der Waals surface area contributed by atoms with Crippen LogP contribution in [-0.4, -0.2) is 48.2 Å². The van der Waals surface area contributed by atoms with Gasteiger partial charge in [-0.2, -0.15) is 9.40 Å². The van der Waals surface area contributed by atoms with E-state index in [4.69, 9.17) is 0 Å². The molecule has 0 radical (unpaired) electrons. The third-order valence-corrected chi connectivity index (χ3v) is 5.63. The Hall–Kier alpha value is -0.920. The van der Waals surface area contributed by atoms with E-state index in [0.29, 0.717) is 11.4 Å². The molecule has 0 aliphatic heterocycles. The van der Waals surface area contributed by atoms with E-state index in [2.05, 4.69) is 17.3 Å². The Balaban J connectivity index is 1.92. The molecule has 7 heteroatoms. The predicted octanol–water partition coefficient (Wildman–Crippen LogP) is 1.45. The summed E-state index contributed by atoms with van der Waals surface area (Å²) < 4.78 is 28.4. The second kappa shape index (κ2) is 7.38. The van der Waals surface area contributed by atoms with Gasteiger partial charge in [0.25, 0.3) is 0 Å². The average molecular weight is 314 g/mol. The molecule has 0 unspecified atom stereocenters.